The van der Waals surface area contributed by atoms with Gasteiger partial charge in [-0.1, -0.05) is 170 Å². The van der Waals surface area contributed by atoms with Gasteiger partial charge in [0.15, 0.2) is 23.3 Å². The summed E-state index contributed by atoms with van der Waals surface area (Å²) in [5.41, 5.74) is 7.43. The first kappa shape index (κ1) is 31.7. The quantitative estimate of drug-likeness (QED) is 0.170. The van der Waals surface area contributed by atoms with Crippen molar-refractivity contribution in [3.8, 4) is 57.4 Å². The molecule has 4 heterocycles. The number of hydrogen-bond donors (Lipinski definition) is 0. The van der Waals surface area contributed by atoms with Gasteiger partial charge in [-0.3, -0.25) is 9.13 Å². The fourth-order valence-electron chi connectivity index (χ4n) is 7.71. The van der Waals surface area contributed by atoms with Gasteiger partial charge in [-0.05, 0) is 12.1 Å². The Bertz CT molecular complexity index is 2900. The lowest BCUT2D eigenvalue weighted by atomic mass is 10.1. The Morgan fingerprint density at radius 3 is 0.857 bits per heavy atom. The third kappa shape index (κ3) is 5.15. The van der Waals surface area contributed by atoms with E-state index < -0.39 is 0 Å². The zero-order valence-electron chi connectivity index (χ0n) is 29.9. The number of fused-ring (bicyclic) bond motifs is 7. The molecular weight excluding hydrogens is 689 g/mol. The summed E-state index contributed by atoms with van der Waals surface area (Å²) < 4.78 is 4.36. The first-order valence-electron chi connectivity index (χ1n) is 18.5. The van der Waals surface area contributed by atoms with Crippen LogP contribution >= 0.6 is 0 Å². The maximum absolute atomic E-state index is 5.23. The second kappa shape index (κ2) is 12.9. The summed E-state index contributed by atoms with van der Waals surface area (Å²) in [4.78, 5) is 31.0. The van der Waals surface area contributed by atoms with Crippen molar-refractivity contribution in [1.82, 2.24) is 39.0 Å². The molecule has 11 rings (SSSR count). The maximum atomic E-state index is 5.23. The van der Waals surface area contributed by atoms with Gasteiger partial charge in [0.1, 0.15) is 0 Å². The molecule has 8 heteroatoms. The van der Waals surface area contributed by atoms with E-state index in [1.165, 1.54) is 0 Å². The molecular formula is C48H30N8. The van der Waals surface area contributed by atoms with Crippen molar-refractivity contribution in [3.63, 3.8) is 0 Å². The van der Waals surface area contributed by atoms with E-state index >= 15 is 0 Å². The number of rotatable bonds is 6. The van der Waals surface area contributed by atoms with Crippen molar-refractivity contribution in [2.45, 2.75) is 0 Å². The van der Waals surface area contributed by atoms with Gasteiger partial charge in [0.25, 0.3) is 0 Å². The van der Waals surface area contributed by atoms with Crippen molar-refractivity contribution in [1.29, 1.82) is 0 Å². The van der Waals surface area contributed by atoms with E-state index in [4.69, 9.17) is 29.9 Å². The molecule has 0 saturated carbocycles. The molecule has 0 fully saturated rings. The number of nitrogens with zero attached hydrogens (tertiary/aromatic N) is 8. The highest BCUT2D eigenvalue weighted by Gasteiger charge is 2.25. The highest BCUT2D eigenvalue weighted by molar-refractivity contribution is 6.23. The lowest BCUT2D eigenvalue weighted by Gasteiger charge is -2.13. The Balaban J connectivity index is 1.29. The molecule has 4 aromatic heterocycles. The Labute approximate surface area is 321 Å². The molecule has 0 aliphatic rings. The monoisotopic (exact) mass is 718 g/mol. The topological polar surface area (TPSA) is 87.2 Å². The van der Waals surface area contributed by atoms with Crippen LogP contribution in [0.4, 0.5) is 0 Å². The largest absolute Gasteiger partial charge is 0.276 e. The summed E-state index contributed by atoms with van der Waals surface area (Å²) in [6.45, 7) is 0. The van der Waals surface area contributed by atoms with Crippen LogP contribution in [0.2, 0.25) is 0 Å². The fraction of sp³-hybridized carbons (Fsp3) is 0. The highest BCUT2D eigenvalue weighted by atomic mass is 15.2. The van der Waals surface area contributed by atoms with Gasteiger partial charge in [-0.2, -0.15) is 19.9 Å². The second-order valence-electron chi connectivity index (χ2n) is 13.6. The second-order valence-corrected chi connectivity index (χ2v) is 13.6. The van der Waals surface area contributed by atoms with Crippen LogP contribution in [0.25, 0.3) is 101 Å². The third-order valence-corrected chi connectivity index (χ3v) is 10.2. The molecule has 0 spiro atoms. The van der Waals surface area contributed by atoms with Gasteiger partial charge in [-0.15, -0.1) is 0 Å². The van der Waals surface area contributed by atoms with E-state index in [0.29, 0.717) is 35.2 Å². The summed E-state index contributed by atoms with van der Waals surface area (Å²) in [7, 11) is 0. The average Bonchev–Trinajstić information content (AvgIpc) is 3.81. The Kier molecular flexibility index (Phi) is 7.31. The Hall–Kier alpha value is -7.84. The smallest absolute Gasteiger partial charge is 0.238 e. The molecule has 11 aromatic rings. The summed E-state index contributed by atoms with van der Waals surface area (Å²) >= 11 is 0. The maximum Gasteiger partial charge on any atom is 0.238 e. The van der Waals surface area contributed by atoms with Crippen molar-refractivity contribution >= 4 is 43.6 Å². The van der Waals surface area contributed by atoms with Crippen LogP contribution in [0.5, 0.6) is 0 Å². The van der Waals surface area contributed by atoms with Crippen LogP contribution in [-0.2, 0) is 0 Å². The normalized spacial score (nSPS) is 11.6. The molecule has 0 aliphatic heterocycles. The molecule has 0 N–H and O–H groups in total. The molecule has 0 amide bonds. The highest BCUT2D eigenvalue weighted by Crippen LogP contribution is 2.41. The zero-order chi connectivity index (χ0) is 37.0. The lowest BCUT2D eigenvalue weighted by Crippen LogP contribution is -2.09. The van der Waals surface area contributed by atoms with Crippen LogP contribution in [0, 0.1) is 0 Å². The average molecular weight is 719 g/mol. The molecule has 0 saturated heterocycles. The molecule has 56 heavy (non-hydrogen) atoms. The Morgan fingerprint density at radius 2 is 0.536 bits per heavy atom. The molecule has 0 radical (unpaired) electrons. The van der Waals surface area contributed by atoms with E-state index in [1.54, 1.807) is 0 Å². The molecule has 8 nitrogen and oxygen atoms in total. The van der Waals surface area contributed by atoms with Crippen molar-refractivity contribution in [3.05, 3.63) is 182 Å². The molecule has 0 unspecified atom stereocenters. The standard InChI is InChI=1S/C48H30N8/c1-5-17-31(18-6-1)43-49-44(32-19-7-2-8-20-32)52-47(51-43)55-39-27-15-13-25-35(39)37-29-30-38-36-26-14-16-28-40(36)56(42(38)41(37)55)48-53-45(33-21-9-3-10-22-33)50-46(54-48)34-23-11-4-12-24-34/h1-30H. The van der Waals surface area contributed by atoms with Crippen LogP contribution in [0.3, 0.4) is 0 Å². The van der Waals surface area contributed by atoms with Crippen LogP contribution in [0.1, 0.15) is 0 Å². The van der Waals surface area contributed by atoms with E-state index in [-0.39, 0.29) is 0 Å². The van der Waals surface area contributed by atoms with Gasteiger partial charge in [-0.25, -0.2) is 9.97 Å². The molecule has 262 valence electrons. The predicted octanol–water partition coefficient (Wildman–Crippen LogP) is 10.9. The van der Waals surface area contributed by atoms with Gasteiger partial charge in [0, 0.05) is 43.8 Å². The SMILES string of the molecule is c1ccc(-c2nc(-c3ccccc3)nc(-n3c4ccccc4c4ccc5c6ccccc6n(-c6nc(-c7ccccc7)nc(-c7ccccc7)n6)c5c43)n2)cc1. The lowest BCUT2D eigenvalue weighted by molar-refractivity contribution is 0.941. The first-order valence-corrected chi connectivity index (χ1v) is 18.5. The minimum absolute atomic E-state index is 0.513. The Morgan fingerprint density at radius 1 is 0.250 bits per heavy atom. The van der Waals surface area contributed by atoms with Crippen molar-refractivity contribution in [2.75, 3.05) is 0 Å². The number of hydrogen-bond acceptors (Lipinski definition) is 6. The van der Waals surface area contributed by atoms with E-state index in [2.05, 4.69) is 69.8 Å². The number of aromatic nitrogens is 8. The van der Waals surface area contributed by atoms with E-state index in [9.17, 15) is 0 Å². The minimum Gasteiger partial charge on any atom is -0.276 e. The number of benzene rings is 7. The van der Waals surface area contributed by atoms with Crippen molar-refractivity contribution in [2.24, 2.45) is 0 Å². The van der Waals surface area contributed by atoms with Crippen molar-refractivity contribution < 1.29 is 0 Å². The summed E-state index contributed by atoms with van der Waals surface area (Å²) in [5, 5.41) is 4.27. The summed E-state index contributed by atoms with van der Waals surface area (Å²) in [6, 6.07) is 61.6. The molecule has 7 aromatic carbocycles. The third-order valence-electron chi connectivity index (χ3n) is 10.2. The van der Waals surface area contributed by atoms with E-state index in [1.807, 2.05) is 121 Å². The predicted molar refractivity (Wildman–Crippen MR) is 224 cm³/mol. The van der Waals surface area contributed by atoms with Gasteiger partial charge >= 0.3 is 0 Å². The number of para-hydroxylation sites is 2. The van der Waals surface area contributed by atoms with Gasteiger partial charge < -0.3 is 0 Å². The summed E-state index contributed by atoms with van der Waals surface area (Å²) in [5.74, 6) is 3.38. The van der Waals surface area contributed by atoms with Gasteiger partial charge in [0.05, 0.1) is 22.1 Å². The van der Waals surface area contributed by atoms with E-state index in [0.717, 1.165) is 65.9 Å². The fourth-order valence-corrected chi connectivity index (χ4v) is 7.71. The van der Waals surface area contributed by atoms with Crippen LogP contribution in [-0.4, -0.2) is 39.0 Å². The molecule has 0 atom stereocenters. The van der Waals surface area contributed by atoms with Gasteiger partial charge in [0.2, 0.25) is 11.9 Å². The minimum atomic E-state index is 0.513. The summed E-state index contributed by atoms with van der Waals surface area (Å²) in [6.07, 6.45) is 0. The van der Waals surface area contributed by atoms with Crippen LogP contribution < -0.4 is 0 Å². The van der Waals surface area contributed by atoms with Crippen LogP contribution in [0.15, 0.2) is 182 Å². The molecule has 0 bridgehead atoms. The first-order chi connectivity index (χ1) is 27.8. The molecule has 0 aliphatic carbocycles. The zero-order valence-corrected chi connectivity index (χ0v) is 29.9.